The van der Waals surface area contributed by atoms with Crippen LogP contribution in [0.25, 0.3) is 0 Å². The van der Waals surface area contributed by atoms with Crippen LogP contribution in [0.1, 0.15) is 61.6 Å². The predicted octanol–water partition coefficient (Wildman–Crippen LogP) is 7.28. The van der Waals surface area contributed by atoms with Crippen LogP contribution in [0.5, 0.6) is 0 Å². The largest absolute Gasteiger partial charge is 0.0730 e. The smallest absolute Gasteiger partial charge is 0.0249 e. The minimum atomic E-state index is 0.685. The Bertz CT molecular complexity index is 764. The third-order valence-electron chi connectivity index (χ3n) is 5.27. The van der Waals surface area contributed by atoms with Crippen molar-refractivity contribution >= 4 is 15.9 Å². The van der Waals surface area contributed by atoms with Crippen molar-refractivity contribution < 1.29 is 0 Å². The van der Waals surface area contributed by atoms with Crippen molar-refractivity contribution in [1.82, 2.24) is 0 Å². The Balaban J connectivity index is 1.48. The fourth-order valence-electron chi connectivity index (χ4n) is 3.73. The van der Waals surface area contributed by atoms with Crippen LogP contribution in [0.2, 0.25) is 0 Å². The summed E-state index contributed by atoms with van der Waals surface area (Å²) in [6.45, 7) is 2.24. The highest BCUT2D eigenvalue weighted by Crippen LogP contribution is 2.36. The van der Waals surface area contributed by atoms with E-state index in [1.165, 1.54) is 49.7 Å². The average molecular weight is 407 g/mol. The van der Waals surface area contributed by atoms with Crippen molar-refractivity contribution in [2.75, 3.05) is 0 Å². The van der Waals surface area contributed by atoms with Gasteiger partial charge >= 0.3 is 0 Å². The maximum Gasteiger partial charge on any atom is 0.0249 e. The maximum absolute atomic E-state index is 3.45. The number of hydrogen-bond acceptors (Lipinski definition) is 0. The molecule has 2 aromatic carbocycles. The molecule has 0 aliphatic heterocycles. The van der Waals surface area contributed by atoms with Crippen LogP contribution in [-0.2, 0) is 6.42 Å². The Morgan fingerprint density at radius 1 is 0.962 bits per heavy atom. The number of rotatable bonds is 4. The molecule has 0 amide bonds. The first kappa shape index (κ1) is 19.0. The van der Waals surface area contributed by atoms with Crippen molar-refractivity contribution in [3.63, 3.8) is 0 Å². The first-order valence-corrected chi connectivity index (χ1v) is 10.6. The van der Waals surface area contributed by atoms with E-state index in [9.17, 15) is 0 Å². The number of aryl methyl sites for hydroxylation is 1. The Labute approximate surface area is 166 Å². The zero-order valence-corrected chi connectivity index (χ0v) is 17.1. The van der Waals surface area contributed by atoms with Crippen LogP contribution < -0.4 is 0 Å². The molecule has 0 bridgehead atoms. The quantitative estimate of drug-likeness (QED) is 0.467. The van der Waals surface area contributed by atoms with Gasteiger partial charge in [-0.25, -0.2) is 0 Å². The van der Waals surface area contributed by atoms with E-state index in [0.29, 0.717) is 5.92 Å². The van der Waals surface area contributed by atoms with Gasteiger partial charge < -0.3 is 0 Å². The molecule has 1 aliphatic carbocycles. The molecule has 0 aromatic heterocycles. The van der Waals surface area contributed by atoms with Crippen LogP contribution in [0, 0.1) is 17.8 Å². The Hall–Kier alpha value is -1.78. The summed E-state index contributed by atoms with van der Waals surface area (Å²) < 4.78 is 1.09. The molecule has 0 saturated heterocycles. The summed E-state index contributed by atoms with van der Waals surface area (Å²) in [5, 5.41) is 0. The lowest BCUT2D eigenvalue weighted by molar-refractivity contribution is 0.376. The van der Waals surface area contributed by atoms with Crippen LogP contribution in [0.4, 0.5) is 0 Å². The van der Waals surface area contributed by atoms with Crippen molar-refractivity contribution in [3.8, 4) is 11.8 Å². The lowest BCUT2D eigenvalue weighted by atomic mass is 9.78. The van der Waals surface area contributed by atoms with Crippen molar-refractivity contribution in [3.05, 3.63) is 81.8 Å². The van der Waals surface area contributed by atoms with E-state index in [2.05, 4.69) is 65.0 Å². The monoisotopic (exact) mass is 406 g/mol. The first-order chi connectivity index (χ1) is 12.7. The van der Waals surface area contributed by atoms with Gasteiger partial charge in [0.05, 0.1) is 0 Å². The number of hydrogen-bond donors (Lipinski definition) is 0. The van der Waals surface area contributed by atoms with Gasteiger partial charge in [0.1, 0.15) is 0 Å². The molecule has 1 fully saturated rings. The second kappa shape index (κ2) is 9.79. The lowest BCUT2D eigenvalue weighted by Crippen LogP contribution is -2.11. The first-order valence-electron chi connectivity index (χ1n) is 9.77. The molecule has 1 heteroatoms. The van der Waals surface area contributed by atoms with E-state index >= 15 is 0 Å². The van der Waals surface area contributed by atoms with Gasteiger partial charge in [-0.3, -0.25) is 0 Å². The summed E-state index contributed by atoms with van der Waals surface area (Å²) in [5.74, 6) is 7.81. The predicted molar refractivity (Wildman–Crippen MR) is 115 cm³/mol. The summed E-state index contributed by atoms with van der Waals surface area (Å²) in [6, 6.07) is 17.5. The van der Waals surface area contributed by atoms with Gasteiger partial charge in [-0.1, -0.05) is 71.5 Å². The fourth-order valence-corrected chi connectivity index (χ4v) is 4.00. The molecule has 0 radical (unpaired) electrons. The summed E-state index contributed by atoms with van der Waals surface area (Å²) >= 11 is 3.45. The highest BCUT2D eigenvalue weighted by Gasteiger charge is 2.20. The van der Waals surface area contributed by atoms with Gasteiger partial charge in [-0.05, 0) is 85.4 Å². The zero-order chi connectivity index (χ0) is 18.2. The molecular formula is C25H27Br. The van der Waals surface area contributed by atoms with Crippen molar-refractivity contribution in [1.29, 1.82) is 0 Å². The second-order valence-electron chi connectivity index (χ2n) is 7.24. The van der Waals surface area contributed by atoms with Gasteiger partial charge in [-0.2, -0.15) is 0 Å². The molecule has 3 rings (SSSR count). The fraction of sp³-hybridized carbons (Fsp3) is 0.360. The summed E-state index contributed by atoms with van der Waals surface area (Å²) in [6.07, 6.45) is 11.9. The minimum Gasteiger partial charge on any atom is -0.0730 e. The van der Waals surface area contributed by atoms with E-state index < -0.39 is 0 Å². The van der Waals surface area contributed by atoms with E-state index in [1.54, 1.807) is 0 Å². The van der Waals surface area contributed by atoms with Gasteiger partial charge in [0.15, 0.2) is 0 Å². The molecule has 0 heterocycles. The topological polar surface area (TPSA) is 0 Å². The highest BCUT2D eigenvalue weighted by molar-refractivity contribution is 9.10. The van der Waals surface area contributed by atoms with E-state index in [4.69, 9.17) is 0 Å². The van der Waals surface area contributed by atoms with Crippen molar-refractivity contribution in [2.45, 2.75) is 51.4 Å². The summed E-state index contributed by atoms with van der Waals surface area (Å²) in [5.41, 5.74) is 4.06. The third-order valence-corrected chi connectivity index (χ3v) is 5.80. The van der Waals surface area contributed by atoms with Crippen LogP contribution in [0.3, 0.4) is 0 Å². The Morgan fingerprint density at radius 3 is 2.31 bits per heavy atom. The second-order valence-corrected chi connectivity index (χ2v) is 8.15. The summed E-state index contributed by atoms with van der Waals surface area (Å²) in [7, 11) is 0. The molecule has 134 valence electrons. The van der Waals surface area contributed by atoms with E-state index in [1.807, 2.05) is 30.3 Å². The standard InChI is InChI=1S/C25H27Br/c1-2-5-20-8-14-23(15-9-20)24-16-10-21(11-17-24)6-3-4-7-22-12-18-25(26)19-13-22/h3,6,8-9,12-15,18-19,21,24H,2,5,10-11,16-17H2,1H3/b6-3+. The molecule has 1 aliphatic rings. The Morgan fingerprint density at radius 2 is 1.65 bits per heavy atom. The molecular weight excluding hydrogens is 380 g/mol. The third kappa shape index (κ3) is 5.61. The van der Waals surface area contributed by atoms with E-state index in [-0.39, 0.29) is 0 Å². The van der Waals surface area contributed by atoms with Gasteiger partial charge in [0, 0.05) is 10.0 Å². The van der Waals surface area contributed by atoms with Crippen LogP contribution >= 0.6 is 15.9 Å². The normalized spacial score (nSPS) is 19.9. The Kier molecular flexibility index (Phi) is 7.15. The summed E-state index contributed by atoms with van der Waals surface area (Å²) in [4.78, 5) is 0. The number of halogens is 1. The van der Waals surface area contributed by atoms with E-state index in [0.717, 1.165) is 16.0 Å². The average Bonchev–Trinajstić information content (AvgIpc) is 2.68. The molecule has 1 saturated carbocycles. The zero-order valence-electron chi connectivity index (χ0n) is 15.5. The van der Waals surface area contributed by atoms with Gasteiger partial charge in [0.25, 0.3) is 0 Å². The van der Waals surface area contributed by atoms with Crippen molar-refractivity contribution in [2.24, 2.45) is 5.92 Å². The molecule has 26 heavy (non-hydrogen) atoms. The molecule has 2 aromatic rings. The maximum atomic E-state index is 3.45. The molecule has 0 spiro atoms. The SMILES string of the molecule is CCCc1ccc(C2CCC(/C=C/C#Cc3ccc(Br)cc3)CC2)cc1. The number of benzene rings is 2. The number of allylic oxidation sites excluding steroid dienone is 2. The van der Waals surface area contributed by atoms with Gasteiger partial charge in [-0.15, -0.1) is 0 Å². The van der Waals surface area contributed by atoms with Crippen LogP contribution in [-0.4, -0.2) is 0 Å². The molecule has 0 atom stereocenters. The van der Waals surface area contributed by atoms with Gasteiger partial charge in [0.2, 0.25) is 0 Å². The lowest BCUT2D eigenvalue weighted by Gasteiger charge is -2.27. The minimum absolute atomic E-state index is 0.685. The molecule has 0 unspecified atom stereocenters. The van der Waals surface area contributed by atoms with Crippen LogP contribution in [0.15, 0.2) is 65.2 Å². The molecule has 0 N–H and O–H groups in total. The highest BCUT2D eigenvalue weighted by atomic mass is 79.9. The molecule has 0 nitrogen and oxygen atoms in total.